The molecule has 2 aromatic heterocycles. The molecule has 0 spiro atoms. The first kappa shape index (κ1) is 45.1. The Morgan fingerprint density at radius 1 is 0.644 bits per heavy atom. The number of hydrogen-bond acceptors (Lipinski definition) is 11. The number of carbonyl (C=O) groups is 6. The summed E-state index contributed by atoms with van der Waals surface area (Å²) < 4.78 is 14.4. The van der Waals surface area contributed by atoms with Crippen LogP contribution in [-0.4, -0.2) is 89.9 Å². The Morgan fingerprint density at radius 3 is 1.44 bits per heavy atom. The minimum atomic E-state index is -1.07. The molecular weight excluding hydrogens is 763 g/mol. The van der Waals surface area contributed by atoms with Crippen LogP contribution in [0.2, 0.25) is 0 Å². The smallest absolute Gasteiger partial charge is 0.410 e. The van der Waals surface area contributed by atoms with Crippen molar-refractivity contribution >= 4 is 35.8 Å². The summed E-state index contributed by atoms with van der Waals surface area (Å²) >= 11 is 0. The number of ether oxygens (including phenoxy) is 2. The van der Waals surface area contributed by atoms with E-state index in [9.17, 15) is 28.8 Å². The van der Waals surface area contributed by atoms with Gasteiger partial charge in [-0.1, -0.05) is 58.7 Å². The van der Waals surface area contributed by atoms with Gasteiger partial charge in [0.15, 0.2) is 5.69 Å². The molecule has 59 heavy (non-hydrogen) atoms. The average Bonchev–Trinajstić information content (AvgIpc) is 3.64. The molecule has 0 aliphatic carbocycles. The molecule has 2 aliphatic rings. The number of carboxylic acids is 1. The molecule has 2 aliphatic heterocycles. The van der Waals surface area contributed by atoms with Gasteiger partial charge >= 0.3 is 18.2 Å². The van der Waals surface area contributed by atoms with Crippen LogP contribution in [-0.2, 0) is 58.5 Å². The third-order valence-electron chi connectivity index (χ3n) is 9.04. The monoisotopic (exact) mass is 815 g/mol. The maximum atomic E-state index is 12.6. The van der Waals surface area contributed by atoms with Crippen molar-refractivity contribution in [2.24, 2.45) is 5.84 Å². The molecule has 4 aromatic rings. The fourth-order valence-corrected chi connectivity index (χ4v) is 6.55. The Bertz CT molecular complexity index is 2120. The molecule has 2 aromatic carbocycles. The summed E-state index contributed by atoms with van der Waals surface area (Å²) in [6.45, 7) is 14.0. The van der Waals surface area contributed by atoms with Crippen LogP contribution in [0.1, 0.15) is 92.4 Å². The number of hydrazine groups is 1. The van der Waals surface area contributed by atoms with Gasteiger partial charge in [-0.25, -0.2) is 20.2 Å². The van der Waals surface area contributed by atoms with Gasteiger partial charge in [0.25, 0.3) is 0 Å². The van der Waals surface area contributed by atoms with Crippen LogP contribution in [0.5, 0.6) is 0 Å². The van der Waals surface area contributed by atoms with Gasteiger partial charge in [0.1, 0.15) is 18.9 Å². The van der Waals surface area contributed by atoms with Crippen LogP contribution in [0.15, 0.2) is 48.5 Å². The van der Waals surface area contributed by atoms with Crippen molar-refractivity contribution in [2.75, 3.05) is 19.6 Å². The Morgan fingerprint density at radius 2 is 1.05 bits per heavy atom. The number of benzene rings is 2. The predicted octanol–water partition coefficient (Wildman–Crippen LogP) is 4.10. The first-order valence-corrected chi connectivity index (χ1v) is 19.1. The number of nitrogens with zero attached hydrogens (tertiary/aromatic N) is 6. The second-order valence-electron chi connectivity index (χ2n) is 14.5. The number of nitrogens with one attached hydrogen (secondary N) is 2. The number of rotatable bonds is 8. The molecule has 0 atom stereocenters. The molecule has 4 heterocycles. The number of hydrogen-bond donors (Lipinski definition) is 4. The number of aryl methyl sites for hydroxylation is 6. The maximum absolute atomic E-state index is 12.6. The second kappa shape index (κ2) is 21.3. The molecule has 0 radical (unpaired) electrons. The van der Waals surface area contributed by atoms with Crippen molar-refractivity contribution in [3.63, 3.8) is 0 Å². The number of Topliss-reactive ketones (excluding diaryl/α,β-unsaturated/α-hetero) is 1. The fraction of sp³-hybridized carbons (Fsp3) is 0.415. The van der Waals surface area contributed by atoms with Gasteiger partial charge in [0.05, 0.1) is 31.0 Å². The predicted molar refractivity (Wildman–Crippen MR) is 215 cm³/mol. The summed E-state index contributed by atoms with van der Waals surface area (Å²) in [7, 11) is 0. The number of aromatic carboxylic acids is 1. The molecule has 0 saturated heterocycles. The van der Waals surface area contributed by atoms with Gasteiger partial charge < -0.3 is 29.7 Å². The van der Waals surface area contributed by atoms with Crippen LogP contribution >= 0.6 is 0 Å². The molecule has 0 saturated carbocycles. The third-order valence-corrected chi connectivity index (χ3v) is 9.04. The van der Waals surface area contributed by atoms with Gasteiger partial charge in [-0.15, -0.1) is 0 Å². The van der Waals surface area contributed by atoms with E-state index in [0.717, 1.165) is 39.1 Å². The fourth-order valence-electron chi connectivity index (χ4n) is 6.55. The molecule has 18 nitrogen and oxygen atoms in total. The van der Waals surface area contributed by atoms with Crippen LogP contribution < -0.4 is 16.6 Å². The van der Waals surface area contributed by atoms with Crippen molar-refractivity contribution < 1.29 is 43.3 Å². The highest BCUT2D eigenvalue weighted by molar-refractivity contribution is 5.97. The van der Waals surface area contributed by atoms with Crippen LogP contribution in [0.25, 0.3) is 0 Å². The standard InChI is InChI=1S/C21H26N4O4.C18H21N3O4.C2H6N2O/c1-14-7-15(2)9-17(8-14)13-29-21(28)24-5-4-6-25-18(12-24)10-19(23-25)20(27)11-22-16(3)26;1-12-6-13(2)8-14(7-12)11-25-18(24)20-4-3-5-21-15(10-20)9-16(19-21)17(22)23;1-2(5)4-3/h7-10H,4-6,11-13H2,1-3H3,(H,22,26);6-9H,3-5,10-11H2,1-2H3,(H,22,23);3H2,1H3,(H,4,5). The number of fused-ring (bicyclic) bond motifs is 2. The summed E-state index contributed by atoms with van der Waals surface area (Å²) in [5.41, 5.74) is 10.1. The third kappa shape index (κ3) is 14.1. The highest BCUT2D eigenvalue weighted by Gasteiger charge is 2.25. The normalized spacial score (nSPS) is 13.1. The molecule has 18 heteroatoms. The number of ketones is 1. The number of carbonyl (C=O) groups excluding carboxylic acids is 5. The number of amides is 4. The lowest BCUT2D eigenvalue weighted by Gasteiger charge is -2.19. The van der Waals surface area contributed by atoms with Crippen LogP contribution in [0.4, 0.5) is 9.59 Å². The van der Waals surface area contributed by atoms with E-state index in [2.05, 4.69) is 33.5 Å². The van der Waals surface area contributed by atoms with E-state index in [4.69, 9.17) is 14.6 Å². The first-order valence-electron chi connectivity index (χ1n) is 19.1. The van der Waals surface area contributed by atoms with E-state index in [1.807, 2.05) is 57.4 Å². The van der Waals surface area contributed by atoms with Crippen LogP contribution in [0, 0.1) is 27.7 Å². The van der Waals surface area contributed by atoms with Gasteiger partial charge in [0, 0.05) is 40.0 Å². The van der Waals surface area contributed by atoms with E-state index in [-0.39, 0.29) is 49.1 Å². The summed E-state index contributed by atoms with van der Waals surface area (Å²) in [5.74, 6) is 2.76. The SMILES string of the molecule is CC(=O)NCC(=O)c1cc2n(n1)CCCN(C(=O)OCc1cc(C)cc(C)c1)C2.CC(=O)NN.Cc1cc(C)cc(COC(=O)N2CCCn3nc(C(=O)O)cc3C2)c1. The van der Waals surface area contributed by atoms with E-state index < -0.39 is 12.1 Å². The number of carboxylic acid groups (broad SMARTS) is 1. The molecule has 4 amide bonds. The van der Waals surface area contributed by atoms with Gasteiger partial charge in [-0.3, -0.25) is 29.2 Å². The zero-order valence-corrected chi connectivity index (χ0v) is 34.4. The molecule has 0 fully saturated rings. The molecular formula is C41H53N9O9. The van der Waals surface area contributed by atoms with E-state index >= 15 is 0 Å². The van der Waals surface area contributed by atoms with E-state index in [1.54, 1.807) is 25.2 Å². The summed E-state index contributed by atoms with van der Waals surface area (Å²) in [5, 5.41) is 19.9. The van der Waals surface area contributed by atoms with Crippen molar-refractivity contribution in [3.05, 3.63) is 105 Å². The van der Waals surface area contributed by atoms with Crippen molar-refractivity contribution in [3.8, 4) is 0 Å². The Hall–Kier alpha value is -6.56. The molecule has 0 bridgehead atoms. The lowest BCUT2D eigenvalue weighted by Crippen LogP contribution is -2.31. The van der Waals surface area contributed by atoms with Crippen molar-refractivity contribution in [1.29, 1.82) is 0 Å². The zero-order chi connectivity index (χ0) is 43.2. The zero-order valence-electron chi connectivity index (χ0n) is 34.4. The number of nitrogens with two attached hydrogens (primary N) is 1. The highest BCUT2D eigenvalue weighted by Crippen LogP contribution is 2.18. The Balaban J connectivity index is 0.000000236. The highest BCUT2D eigenvalue weighted by atomic mass is 16.6. The Labute approximate surface area is 342 Å². The molecule has 316 valence electrons. The van der Waals surface area contributed by atoms with E-state index in [1.165, 1.54) is 19.9 Å². The molecule has 0 unspecified atom stereocenters. The topological polar surface area (TPSA) is 233 Å². The Kier molecular flexibility index (Phi) is 16.3. The minimum Gasteiger partial charge on any atom is -0.476 e. The summed E-state index contributed by atoms with van der Waals surface area (Å²) in [6, 6.07) is 15.3. The van der Waals surface area contributed by atoms with Gasteiger partial charge in [-0.05, 0) is 63.8 Å². The number of aromatic nitrogens is 4. The van der Waals surface area contributed by atoms with E-state index in [0.29, 0.717) is 63.5 Å². The minimum absolute atomic E-state index is 0.000420. The molecule has 6 rings (SSSR count). The first-order chi connectivity index (χ1) is 28.0. The average molecular weight is 816 g/mol. The van der Waals surface area contributed by atoms with Gasteiger partial charge in [-0.2, -0.15) is 10.2 Å². The van der Waals surface area contributed by atoms with Crippen LogP contribution in [0.3, 0.4) is 0 Å². The summed E-state index contributed by atoms with van der Waals surface area (Å²) in [4.78, 5) is 72.0. The maximum Gasteiger partial charge on any atom is 0.410 e. The lowest BCUT2D eigenvalue weighted by molar-refractivity contribution is -0.119. The quantitative estimate of drug-likeness (QED) is 0.0853. The largest absolute Gasteiger partial charge is 0.476 e. The second-order valence-corrected chi connectivity index (χ2v) is 14.5. The van der Waals surface area contributed by atoms with Gasteiger partial charge in [0.2, 0.25) is 17.6 Å². The summed E-state index contributed by atoms with van der Waals surface area (Å²) in [6.07, 6.45) is 0.634. The lowest BCUT2D eigenvalue weighted by atomic mass is 10.1. The molecule has 5 N–H and O–H groups in total. The van der Waals surface area contributed by atoms with Crippen molar-refractivity contribution in [1.82, 2.24) is 40.1 Å². The van der Waals surface area contributed by atoms with Crippen molar-refractivity contribution in [2.45, 2.75) is 93.8 Å².